The van der Waals surface area contributed by atoms with Crippen LogP contribution in [-0.2, 0) is 6.42 Å². The number of hydrogen-bond donors (Lipinski definition) is 1. The van der Waals surface area contributed by atoms with Crippen LogP contribution >= 0.6 is 11.6 Å². The van der Waals surface area contributed by atoms with Crippen LogP contribution in [0.15, 0.2) is 18.2 Å². The van der Waals surface area contributed by atoms with E-state index in [9.17, 15) is 0 Å². The van der Waals surface area contributed by atoms with E-state index >= 15 is 0 Å². The molecule has 1 N–H and O–H groups in total. The molecule has 0 aliphatic heterocycles. The Bertz CT molecular complexity index is 343. The van der Waals surface area contributed by atoms with Crippen molar-refractivity contribution in [3.05, 3.63) is 34.3 Å². The van der Waals surface area contributed by atoms with Crippen LogP contribution in [-0.4, -0.2) is 11.7 Å². The van der Waals surface area contributed by atoms with Crippen LogP contribution in [0.4, 0.5) is 0 Å². The lowest BCUT2D eigenvalue weighted by Crippen LogP contribution is -2.05. The van der Waals surface area contributed by atoms with Crippen LogP contribution in [0.3, 0.4) is 0 Å². The lowest BCUT2D eigenvalue weighted by molar-refractivity contribution is 0.299. The van der Waals surface area contributed by atoms with Crippen LogP contribution in [0.25, 0.3) is 0 Å². The quantitative estimate of drug-likeness (QED) is 0.846. The fourth-order valence-electron chi connectivity index (χ4n) is 2.60. The number of aliphatic hydroxyl groups excluding tert-OH is 1. The summed E-state index contributed by atoms with van der Waals surface area (Å²) in [5, 5.41) is 9.77. The summed E-state index contributed by atoms with van der Waals surface area (Å²) in [6.07, 6.45) is 7.29. The van der Waals surface area contributed by atoms with E-state index in [0.29, 0.717) is 12.3 Å². The summed E-state index contributed by atoms with van der Waals surface area (Å²) in [6, 6.07) is 6.27. The van der Waals surface area contributed by atoms with Crippen LogP contribution in [0.2, 0.25) is 5.02 Å². The lowest BCUT2D eigenvalue weighted by atomic mass is 9.84. The number of aliphatic hydroxyl groups is 1. The van der Waals surface area contributed by atoms with Crippen molar-refractivity contribution in [1.29, 1.82) is 0 Å². The average Bonchev–Trinajstić information content (AvgIpc) is 2.31. The molecule has 0 saturated heterocycles. The summed E-state index contributed by atoms with van der Waals surface area (Å²) in [6.45, 7) is 0.194. The third kappa shape index (κ3) is 2.78. The normalized spacial score (nSPS) is 17.6. The molecule has 2 rings (SSSR count). The summed E-state index contributed by atoms with van der Waals surface area (Å²) < 4.78 is 0. The smallest absolute Gasteiger partial charge is 0.0471 e. The van der Waals surface area contributed by atoms with Gasteiger partial charge < -0.3 is 5.11 Å². The van der Waals surface area contributed by atoms with Crippen molar-refractivity contribution in [1.82, 2.24) is 0 Å². The molecule has 0 spiro atoms. The van der Waals surface area contributed by atoms with Crippen molar-refractivity contribution in [2.75, 3.05) is 6.61 Å². The molecule has 0 unspecified atom stereocenters. The van der Waals surface area contributed by atoms with Crippen LogP contribution in [0, 0.1) is 0 Å². The molecule has 1 aromatic carbocycles. The van der Waals surface area contributed by atoms with Gasteiger partial charge in [0, 0.05) is 11.6 Å². The van der Waals surface area contributed by atoms with Gasteiger partial charge in [-0.15, -0.1) is 0 Å². The molecule has 1 saturated carbocycles. The average molecular weight is 239 g/mol. The van der Waals surface area contributed by atoms with Gasteiger partial charge in [0.1, 0.15) is 0 Å². The molecule has 0 amide bonds. The summed E-state index contributed by atoms with van der Waals surface area (Å²) in [5.74, 6) is 0.657. The van der Waals surface area contributed by atoms with E-state index in [-0.39, 0.29) is 6.61 Å². The minimum atomic E-state index is 0.194. The zero-order valence-corrected chi connectivity index (χ0v) is 10.3. The Labute approximate surface area is 102 Å². The van der Waals surface area contributed by atoms with E-state index in [1.807, 2.05) is 6.07 Å². The number of rotatable bonds is 3. The summed E-state index contributed by atoms with van der Waals surface area (Å²) in [7, 11) is 0. The maximum atomic E-state index is 8.89. The van der Waals surface area contributed by atoms with Gasteiger partial charge in [-0.05, 0) is 42.4 Å². The Kier molecular flexibility index (Phi) is 4.25. The van der Waals surface area contributed by atoms with Crippen molar-refractivity contribution in [3.8, 4) is 0 Å². The minimum Gasteiger partial charge on any atom is -0.396 e. The van der Waals surface area contributed by atoms with E-state index in [0.717, 1.165) is 10.6 Å². The highest BCUT2D eigenvalue weighted by molar-refractivity contribution is 6.31. The summed E-state index contributed by atoms with van der Waals surface area (Å²) >= 11 is 6.32. The fourth-order valence-corrected chi connectivity index (χ4v) is 2.96. The molecule has 0 atom stereocenters. The number of benzene rings is 1. The molecular formula is C14H19ClO. The fraction of sp³-hybridized carbons (Fsp3) is 0.571. The Hall–Kier alpha value is -0.530. The van der Waals surface area contributed by atoms with E-state index in [1.54, 1.807) is 0 Å². The SMILES string of the molecule is OCCc1ccc(C2CCCCC2)c(Cl)c1. The first-order valence-corrected chi connectivity index (χ1v) is 6.58. The third-order valence-corrected chi connectivity index (χ3v) is 3.84. The Morgan fingerprint density at radius 1 is 1.19 bits per heavy atom. The predicted molar refractivity (Wildman–Crippen MR) is 68.1 cm³/mol. The second kappa shape index (κ2) is 5.70. The Morgan fingerprint density at radius 2 is 1.94 bits per heavy atom. The van der Waals surface area contributed by atoms with Gasteiger partial charge in [-0.2, -0.15) is 0 Å². The standard InChI is InChI=1S/C14H19ClO/c15-14-10-11(8-9-16)6-7-13(14)12-4-2-1-3-5-12/h6-7,10,12,16H,1-5,8-9H2. The Balaban J connectivity index is 2.14. The van der Waals surface area contributed by atoms with Crippen molar-refractivity contribution in [2.45, 2.75) is 44.4 Å². The first-order chi connectivity index (χ1) is 7.81. The predicted octanol–water partition coefficient (Wildman–Crippen LogP) is 3.92. The van der Waals surface area contributed by atoms with Gasteiger partial charge in [-0.25, -0.2) is 0 Å². The van der Waals surface area contributed by atoms with Crippen LogP contribution in [0.1, 0.15) is 49.1 Å². The topological polar surface area (TPSA) is 20.2 Å². The highest BCUT2D eigenvalue weighted by atomic mass is 35.5. The molecule has 1 aromatic rings. The Morgan fingerprint density at radius 3 is 2.56 bits per heavy atom. The second-order valence-corrected chi connectivity index (χ2v) is 5.07. The van der Waals surface area contributed by atoms with Crippen molar-refractivity contribution >= 4 is 11.6 Å². The van der Waals surface area contributed by atoms with Gasteiger partial charge in [-0.3, -0.25) is 0 Å². The first-order valence-electron chi connectivity index (χ1n) is 6.20. The highest BCUT2D eigenvalue weighted by Crippen LogP contribution is 2.36. The monoisotopic (exact) mass is 238 g/mol. The number of halogens is 1. The van der Waals surface area contributed by atoms with Crippen LogP contribution in [0.5, 0.6) is 0 Å². The summed E-state index contributed by atoms with van der Waals surface area (Å²) in [5.41, 5.74) is 2.44. The van der Waals surface area contributed by atoms with Crippen molar-refractivity contribution in [2.24, 2.45) is 0 Å². The molecule has 0 aromatic heterocycles. The third-order valence-electron chi connectivity index (χ3n) is 3.51. The molecule has 0 bridgehead atoms. The maximum absolute atomic E-state index is 8.89. The summed E-state index contributed by atoms with van der Waals surface area (Å²) in [4.78, 5) is 0. The van der Waals surface area contributed by atoms with Gasteiger partial charge in [0.15, 0.2) is 0 Å². The molecular weight excluding hydrogens is 220 g/mol. The van der Waals surface area contributed by atoms with Gasteiger partial charge in [0.2, 0.25) is 0 Å². The molecule has 1 nitrogen and oxygen atoms in total. The molecule has 0 radical (unpaired) electrons. The van der Waals surface area contributed by atoms with Gasteiger partial charge in [0.05, 0.1) is 0 Å². The van der Waals surface area contributed by atoms with Gasteiger partial charge in [0.25, 0.3) is 0 Å². The largest absolute Gasteiger partial charge is 0.396 e. The first kappa shape index (κ1) is 11.9. The number of hydrogen-bond acceptors (Lipinski definition) is 1. The maximum Gasteiger partial charge on any atom is 0.0471 e. The molecule has 16 heavy (non-hydrogen) atoms. The lowest BCUT2D eigenvalue weighted by Gasteiger charge is -2.23. The highest BCUT2D eigenvalue weighted by Gasteiger charge is 2.17. The van der Waals surface area contributed by atoms with Gasteiger partial charge >= 0.3 is 0 Å². The van der Waals surface area contributed by atoms with Crippen molar-refractivity contribution in [3.63, 3.8) is 0 Å². The van der Waals surface area contributed by atoms with Crippen LogP contribution < -0.4 is 0 Å². The van der Waals surface area contributed by atoms with Gasteiger partial charge in [-0.1, -0.05) is 43.0 Å². The molecule has 1 fully saturated rings. The minimum absolute atomic E-state index is 0.194. The molecule has 1 aliphatic carbocycles. The van der Waals surface area contributed by atoms with E-state index in [2.05, 4.69) is 12.1 Å². The van der Waals surface area contributed by atoms with E-state index in [4.69, 9.17) is 16.7 Å². The molecule has 88 valence electrons. The zero-order chi connectivity index (χ0) is 11.4. The molecule has 1 aliphatic rings. The zero-order valence-electron chi connectivity index (χ0n) is 9.58. The van der Waals surface area contributed by atoms with E-state index in [1.165, 1.54) is 37.7 Å². The molecule has 2 heteroatoms. The molecule has 0 heterocycles. The second-order valence-electron chi connectivity index (χ2n) is 4.66. The van der Waals surface area contributed by atoms with E-state index < -0.39 is 0 Å². The van der Waals surface area contributed by atoms with Crippen molar-refractivity contribution < 1.29 is 5.11 Å².